The summed E-state index contributed by atoms with van der Waals surface area (Å²) < 4.78 is 4.91. The average Bonchev–Trinajstić information content (AvgIpc) is 2.96. The molecular formula is C37H68O4. The third-order valence-electron chi connectivity index (χ3n) is 8.19. The molecule has 0 radical (unpaired) electrons. The maximum Gasteiger partial charge on any atom is 0.307 e. The molecule has 1 unspecified atom stereocenters. The molecule has 0 bridgehead atoms. The molecule has 0 aliphatic heterocycles. The van der Waals surface area contributed by atoms with E-state index < -0.39 is 17.9 Å². The minimum atomic E-state index is -0.899. The summed E-state index contributed by atoms with van der Waals surface area (Å²) in [6, 6.07) is 0. The Morgan fingerprint density at radius 2 is 0.976 bits per heavy atom. The monoisotopic (exact) mass is 577 g/mol. The number of ether oxygens (including phenoxy) is 1. The topological polar surface area (TPSA) is 63.6 Å². The van der Waals surface area contributed by atoms with E-state index in [1.165, 1.54) is 154 Å². The second kappa shape index (κ2) is 32.9. The molecule has 4 heteroatoms. The lowest BCUT2D eigenvalue weighted by Gasteiger charge is -2.11. The van der Waals surface area contributed by atoms with Crippen LogP contribution < -0.4 is 0 Å². The summed E-state index contributed by atoms with van der Waals surface area (Å²) in [7, 11) is 0. The van der Waals surface area contributed by atoms with Crippen LogP contribution in [0.3, 0.4) is 0 Å². The summed E-state index contributed by atoms with van der Waals surface area (Å²) in [5.74, 6) is -1.98. The highest BCUT2D eigenvalue weighted by atomic mass is 16.5. The van der Waals surface area contributed by atoms with Crippen molar-refractivity contribution >= 4 is 11.9 Å². The number of aliphatic carboxylic acids is 1. The molecule has 0 saturated heterocycles. The maximum absolute atomic E-state index is 11.6. The highest BCUT2D eigenvalue weighted by Crippen LogP contribution is 2.18. The molecule has 0 aromatic carbocycles. The van der Waals surface area contributed by atoms with Crippen molar-refractivity contribution in [3.05, 3.63) is 24.8 Å². The van der Waals surface area contributed by atoms with Gasteiger partial charge in [-0.15, -0.1) is 0 Å². The van der Waals surface area contributed by atoms with Gasteiger partial charge >= 0.3 is 11.9 Å². The predicted octanol–water partition coefficient (Wildman–Crippen LogP) is 11.9. The summed E-state index contributed by atoms with van der Waals surface area (Å²) in [5.41, 5.74) is 0. The second-order valence-electron chi connectivity index (χ2n) is 12.2. The van der Waals surface area contributed by atoms with Gasteiger partial charge in [0.25, 0.3) is 0 Å². The second-order valence-corrected chi connectivity index (χ2v) is 12.2. The number of rotatable bonds is 33. The van der Waals surface area contributed by atoms with Crippen molar-refractivity contribution in [3.63, 3.8) is 0 Å². The van der Waals surface area contributed by atoms with Gasteiger partial charge in [-0.05, 0) is 32.1 Å². The molecule has 0 aromatic rings. The van der Waals surface area contributed by atoms with Crippen molar-refractivity contribution in [1.82, 2.24) is 0 Å². The molecule has 1 N–H and O–H groups in total. The molecule has 0 saturated carbocycles. The summed E-state index contributed by atoms with van der Waals surface area (Å²) >= 11 is 0. The Bertz CT molecular complexity index is 612. The fraction of sp³-hybridized carbons (Fsp3) is 0.838. The van der Waals surface area contributed by atoms with Crippen LogP contribution in [0.2, 0.25) is 0 Å². The van der Waals surface area contributed by atoms with Crippen LogP contribution in [-0.2, 0) is 14.3 Å². The Morgan fingerprint density at radius 1 is 0.610 bits per heavy atom. The third kappa shape index (κ3) is 31.2. The zero-order valence-electron chi connectivity index (χ0n) is 27.2. The number of esters is 1. The zero-order chi connectivity index (χ0) is 30.1. The Morgan fingerprint density at radius 3 is 1.34 bits per heavy atom. The van der Waals surface area contributed by atoms with Crippen LogP contribution in [0.5, 0.6) is 0 Å². The first-order valence-electron chi connectivity index (χ1n) is 17.8. The van der Waals surface area contributed by atoms with Crippen molar-refractivity contribution < 1.29 is 19.4 Å². The lowest BCUT2D eigenvalue weighted by Crippen LogP contribution is -2.19. The smallest absolute Gasteiger partial charge is 0.307 e. The quantitative estimate of drug-likeness (QED) is 0.0479. The molecule has 240 valence electrons. The van der Waals surface area contributed by atoms with Gasteiger partial charge in [0.2, 0.25) is 0 Å². The van der Waals surface area contributed by atoms with Crippen LogP contribution in [0.1, 0.15) is 187 Å². The molecule has 1 atom stereocenters. The van der Waals surface area contributed by atoms with Crippen LogP contribution >= 0.6 is 0 Å². The van der Waals surface area contributed by atoms with E-state index in [4.69, 9.17) is 4.74 Å². The molecule has 0 aliphatic carbocycles. The Kier molecular flexibility index (Phi) is 31.7. The van der Waals surface area contributed by atoms with E-state index in [-0.39, 0.29) is 13.0 Å². The van der Waals surface area contributed by atoms with Gasteiger partial charge in [-0.3, -0.25) is 9.59 Å². The van der Waals surface area contributed by atoms with Crippen LogP contribution in [-0.4, -0.2) is 23.7 Å². The molecule has 0 amide bonds. The number of carboxylic acids is 1. The van der Waals surface area contributed by atoms with Gasteiger partial charge in [-0.25, -0.2) is 0 Å². The fourth-order valence-electron chi connectivity index (χ4n) is 5.48. The third-order valence-corrected chi connectivity index (χ3v) is 8.19. The average molecular weight is 577 g/mol. The molecule has 4 nitrogen and oxygen atoms in total. The normalized spacial score (nSPS) is 12.1. The highest BCUT2D eigenvalue weighted by Gasteiger charge is 2.21. The van der Waals surface area contributed by atoms with Crippen LogP contribution in [0.4, 0.5) is 0 Å². The van der Waals surface area contributed by atoms with E-state index >= 15 is 0 Å². The SMILES string of the molecule is C=CCOC(=O)CC(CCCCCCCCCCCCCCCCCCCCCCC/C=C/CCCCC)C(=O)O. The van der Waals surface area contributed by atoms with Crippen molar-refractivity contribution in [2.45, 2.75) is 187 Å². The standard InChI is InChI=1S/C37H68O4/c1-3-5-6-7-8-9-10-11-12-13-14-15-16-17-18-19-20-21-22-23-24-25-26-27-28-29-30-31-32-35(37(39)40)34-36(38)41-33-4-2/h4,8-9,35H,2-3,5-7,10-34H2,1H3,(H,39,40)/b9-8+. The number of carbonyl (C=O) groups is 2. The Labute approximate surface area is 255 Å². The summed E-state index contributed by atoms with van der Waals surface area (Å²) in [5, 5.41) is 9.32. The number of hydrogen-bond donors (Lipinski definition) is 1. The zero-order valence-corrected chi connectivity index (χ0v) is 27.2. The lowest BCUT2D eigenvalue weighted by atomic mass is 9.97. The van der Waals surface area contributed by atoms with Gasteiger partial charge in [0, 0.05) is 0 Å². The van der Waals surface area contributed by atoms with Crippen molar-refractivity contribution in [3.8, 4) is 0 Å². The first kappa shape index (κ1) is 39.4. The summed E-state index contributed by atoms with van der Waals surface area (Å²) in [6.45, 7) is 5.91. The van der Waals surface area contributed by atoms with Gasteiger partial charge in [0.15, 0.2) is 0 Å². The van der Waals surface area contributed by atoms with E-state index in [1.54, 1.807) is 0 Å². The Balaban J connectivity index is 3.28. The van der Waals surface area contributed by atoms with Gasteiger partial charge < -0.3 is 9.84 Å². The van der Waals surface area contributed by atoms with E-state index in [0.29, 0.717) is 6.42 Å². The first-order valence-corrected chi connectivity index (χ1v) is 17.8. The first-order chi connectivity index (χ1) is 20.1. The van der Waals surface area contributed by atoms with Gasteiger partial charge in [-0.1, -0.05) is 173 Å². The van der Waals surface area contributed by atoms with Crippen molar-refractivity contribution in [2.75, 3.05) is 6.61 Å². The number of hydrogen-bond acceptors (Lipinski definition) is 3. The van der Waals surface area contributed by atoms with Crippen LogP contribution in [0, 0.1) is 5.92 Å². The molecule has 0 rings (SSSR count). The van der Waals surface area contributed by atoms with E-state index in [1.807, 2.05) is 0 Å². The molecule has 0 fully saturated rings. The molecular weight excluding hydrogens is 508 g/mol. The molecule has 0 spiro atoms. The van der Waals surface area contributed by atoms with Crippen LogP contribution in [0.25, 0.3) is 0 Å². The van der Waals surface area contributed by atoms with Crippen molar-refractivity contribution in [1.29, 1.82) is 0 Å². The number of carboxylic acid groups (broad SMARTS) is 1. The highest BCUT2D eigenvalue weighted by molar-refractivity contribution is 5.78. The Hall–Kier alpha value is -1.58. The minimum absolute atomic E-state index is 0.0404. The number of unbranched alkanes of at least 4 members (excludes halogenated alkanes) is 24. The van der Waals surface area contributed by atoms with Crippen molar-refractivity contribution in [2.24, 2.45) is 5.92 Å². The van der Waals surface area contributed by atoms with E-state index in [9.17, 15) is 14.7 Å². The number of carbonyl (C=O) groups excluding carboxylic acids is 1. The van der Waals surface area contributed by atoms with E-state index in [0.717, 1.165) is 19.3 Å². The van der Waals surface area contributed by atoms with Gasteiger partial charge in [-0.2, -0.15) is 0 Å². The summed E-state index contributed by atoms with van der Waals surface area (Å²) in [6.07, 6.45) is 41.5. The van der Waals surface area contributed by atoms with Gasteiger partial charge in [0.1, 0.15) is 6.61 Å². The fourth-order valence-corrected chi connectivity index (χ4v) is 5.48. The maximum atomic E-state index is 11.6. The van der Waals surface area contributed by atoms with E-state index in [2.05, 4.69) is 25.7 Å². The summed E-state index contributed by atoms with van der Waals surface area (Å²) in [4.78, 5) is 23.0. The molecule has 0 heterocycles. The lowest BCUT2D eigenvalue weighted by molar-refractivity contribution is -0.151. The minimum Gasteiger partial charge on any atom is -0.481 e. The number of allylic oxidation sites excluding steroid dienone is 2. The molecule has 0 aromatic heterocycles. The predicted molar refractivity (Wildman–Crippen MR) is 176 cm³/mol. The molecule has 41 heavy (non-hydrogen) atoms. The van der Waals surface area contributed by atoms with Gasteiger partial charge in [0.05, 0.1) is 12.3 Å². The molecule has 0 aliphatic rings. The largest absolute Gasteiger partial charge is 0.481 e. The van der Waals surface area contributed by atoms with Crippen LogP contribution in [0.15, 0.2) is 24.8 Å².